The van der Waals surface area contributed by atoms with Gasteiger partial charge in [-0.2, -0.15) is 8.78 Å². The summed E-state index contributed by atoms with van der Waals surface area (Å²) in [5, 5.41) is 3.33. The van der Waals surface area contributed by atoms with Gasteiger partial charge >= 0.3 is 6.61 Å². The third kappa shape index (κ3) is 3.26. The first-order valence-electron chi connectivity index (χ1n) is 5.54. The Labute approximate surface area is 98.6 Å². The lowest BCUT2D eigenvalue weighted by Crippen LogP contribution is -2.49. The molecule has 2 rings (SSSR count). The lowest BCUT2D eigenvalue weighted by Gasteiger charge is -2.32. The fraction of sp³-hybridized carbons (Fsp3) is 0.545. The van der Waals surface area contributed by atoms with Crippen molar-refractivity contribution in [3.05, 3.63) is 18.3 Å². The van der Waals surface area contributed by atoms with E-state index in [1.165, 1.54) is 12.3 Å². The summed E-state index contributed by atoms with van der Waals surface area (Å²) >= 11 is 0. The Bertz CT molecular complexity index is 358. The average molecular weight is 243 g/mol. The summed E-state index contributed by atoms with van der Waals surface area (Å²) in [5.41, 5.74) is 0. The van der Waals surface area contributed by atoms with Gasteiger partial charge in [0.25, 0.3) is 0 Å². The first kappa shape index (κ1) is 12.0. The second kappa shape index (κ2) is 5.27. The quantitative estimate of drug-likeness (QED) is 0.872. The molecule has 6 heteroatoms. The zero-order valence-corrected chi connectivity index (χ0v) is 9.57. The number of hydrogen-bond acceptors (Lipinski definition) is 4. The van der Waals surface area contributed by atoms with Crippen LogP contribution in [0.5, 0.6) is 5.75 Å². The highest BCUT2D eigenvalue weighted by atomic mass is 19.3. The van der Waals surface area contributed by atoms with Crippen LogP contribution < -0.4 is 15.0 Å². The lowest BCUT2D eigenvalue weighted by molar-refractivity contribution is -0.0500. The molecule has 0 spiro atoms. The van der Waals surface area contributed by atoms with E-state index in [2.05, 4.69) is 26.9 Å². The van der Waals surface area contributed by atoms with Gasteiger partial charge in [0.05, 0.1) is 6.20 Å². The number of ether oxygens (including phenoxy) is 1. The number of hydrogen-bond donors (Lipinski definition) is 1. The topological polar surface area (TPSA) is 37.4 Å². The van der Waals surface area contributed by atoms with Crippen molar-refractivity contribution in [1.82, 2.24) is 10.3 Å². The SMILES string of the molecule is C[C@@H]1CN(c2ccc(OC(F)F)cn2)CCN1. The molecule has 0 amide bonds. The molecule has 0 radical (unpaired) electrons. The Balaban J connectivity index is 2.01. The van der Waals surface area contributed by atoms with E-state index in [4.69, 9.17) is 0 Å². The predicted octanol–water partition coefficient (Wildman–Crippen LogP) is 1.48. The number of nitrogens with zero attached hydrogens (tertiary/aromatic N) is 2. The van der Waals surface area contributed by atoms with Crippen LogP contribution in [0, 0.1) is 0 Å². The smallest absolute Gasteiger partial charge is 0.387 e. The molecule has 1 fully saturated rings. The molecule has 1 aromatic rings. The number of aromatic nitrogens is 1. The van der Waals surface area contributed by atoms with E-state index >= 15 is 0 Å². The first-order valence-corrected chi connectivity index (χ1v) is 5.54. The normalized spacial score (nSPS) is 20.7. The minimum absolute atomic E-state index is 0.0898. The number of rotatable bonds is 3. The second-order valence-electron chi connectivity index (χ2n) is 4.03. The molecule has 1 aliphatic rings. The summed E-state index contributed by atoms with van der Waals surface area (Å²) in [6.45, 7) is 1.93. The Morgan fingerprint density at radius 3 is 2.94 bits per heavy atom. The maximum absolute atomic E-state index is 12.0. The Kier molecular flexibility index (Phi) is 3.73. The highest BCUT2D eigenvalue weighted by Crippen LogP contribution is 2.18. The summed E-state index contributed by atoms with van der Waals surface area (Å²) in [6.07, 6.45) is 1.33. The van der Waals surface area contributed by atoms with E-state index in [0.717, 1.165) is 25.5 Å². The van der Waals surface area contributed by atoms with Crippen molar-refractivity contribution in [3.8, 4) is 5.75 Å². The van der Waals surface area contributed by atoms with Crippen LogP contribution in [0.2, 0.25) is 0 Å². The summed E-state index contributed by atoms with van der Waals surface area (Å²) in [5.74, 6) is 0.881. The molecule has 0 bridgehead atoms. The fourth-order valence-electron chi connectivity index (χ4n) is 1.87. The fourth-order valence-corrected chi connectivity index (χ4v) is 1.87. The number of nitrogens with one attached hydrogen (secondary N) is 1. The largest absolute Gasteiger partial charge is 0.433 e. The van der Waals surface area contributed by atoms with Gasteiger partial charge < -0.3 is 15.0 Å². The molecular weight excluding hydrogens is 228 g/mol. The molecule has 1 atom stereocenters. The van der Waals surface area contributed by atoms with Gasteiger partial charge in [-0.1, -0.05) is 0 Å². The van der Waals surface area contributed by atoms with Gasteiger partial charge in [-0.05, 0) is 19.1 Å². The van der Waals surface area contributed by atoms with Crippen molar-refractivity contribution in [2.24, 2.45) is 0 Å². The summed E-state index contributed by atoms with van der Waals surface area (Å²) in [4.78, 5) is 6.25. The average Bonchev–Trinajstić information content (AvgIpc) is 2.29. The molecule has 0 aromatic carbocycles. The molecule has 17 heavy (non-hydrogen) atoms. The molecule has 0 unspecified atom stereocenters. The molecular formula is C11H15F2N3O. The van der Waals surface area contributed by atoms with Crippen LogP contribution in [-0.4, -0.2) is 37.3 Å². The number of pyridine rings is 1. The third-order valence-electron chi connectivity index (χ3n) is 2.64. The third-order valence-corrected chi connectivity index (χ3v) is 2.64. The van der Waals surface area contributed by atoms with Crippen LogP contribution in [0.4, 0.5) is 14.6 Å². The van der Waals surface area contributed by atoms with Gasteiger partial charge in [0.2, 0.25) is 0 Å². The van der Waals surface area contributed by atoms with Crippen molar-refractivity contribution in [3.63, 3.8) is 0 Å². The van der Waals surface area contributed by atoms with Gasteiger partial charge in [0.1, 0.15) is 11.6 Å². The van der Waals surface area contributed by atoms with Gasteiger partial charge in [-0.25, -0.2) is 4.98 Å². The van der Waals surface area contributed by atoms with Crippen molar-refractivity contribution in [2.75, 3.05) is 24.5 Å². The molecule has 4 nitrogen and oxygen atoms in total. The van der Waals surface area contributed by atoms with Crippen LogP contribution >= 0.6 is 0 Å². The van der Waals surface area contributed by atoms with Crippen molar-refractivity contribution in [1.29, 1.82) is 0 Å². The second-order valence-corrected chi connectivity index (χ2v) is 4.03. The van der Waals surface area contributed by atoms with Crippen molar-refractivity contribution < 1.29 is 13.5 Å². The maximum atomic E-state index is 12.0. The number of piperazine rings is 1. The van der Waals surface area contributed by atoms with E-state index in [-0.39, 0.29) is 5.75 Å². The Morgan fingerprint density at radius 1 is 1.53 bits per heavy atom. The molecule has 2 heterocycles. The Morgan fingerprint density at radius 2 is 2.35 bits per heavy atom. The zero-order chi connectivity index (χ0) is 12.3. The van der Waals surface area contributed by atoms with E-state index in [0.29, 0.717) is 6.04 Å². The van der Waals surface area contributed by atoms with Gasteiger partial charge in [-0.15, -0.1) is 0 Å². The van der Waals surface area contributed by atoms with E-state index < -0.39 is 6.61 Å². The standard InChI is InChI=1S/C11H15F2N3O/c1-8-7-16(5-4-14-8)10-3-2-9(6-15-10)17-11(12)13/h2-3,6,8,11,14H,4-5,7H2,1H3/t8-/m1/s1. The molecule has 1 aromatic heterocycles. The van der Waals surface area contributed by atoms with Gasteiger partial charge in [-0.3, -0.25) is 0 Å². The molecule has 94 valence electrons. The lowest BCUT2D eigenvalue weighted by atomic mass is 10.2. The summed E-state index contributed by atoms with van der Waals surface area (Å²) in [7, 11) is 0. The molecule has 1 saturated heterocycles. The van der Waals surface area contributed by atoms with Gasteiger partial charge in [0.15, 0.2) is 0 Å². The van der Waals surface area contributed by atoms with E-state index in [1.807, 2.05) is 0 Å². The number of anilines is 1. The predicted molar refractivity (Wildman–Crippen MR) is 60.5 cm³/mol. The summed E-state index contributed by atoms with van der Waals surface area (Å²) < 4.78 is 28.2. The summed E-state index contributed by atoms with van der Waals surface area (Å²) in [6, 6.07) is 3.62. The maximum Gasteiger partial charge on any atom is 0.387 e. The molecule has 1 aliphatic heterocycles. The minimum atomic E-state index is -2.80. The Hall–Kier alpha value is -1.43. The van der Waals surface area contributed by atoms with Crippen LogP contribution in [0.1, 0.15) is 6.92 Å². The van der Waals surface area contributed by atoms with Crippen LogP contribution in [-0.2, 0) is 0 Å². The van der Waals surface area contributed by atoms with Crippen molar-refractivity contribution in [2.45, 2.75) is 19.6 Å². The highest BCUT2D eigenvalue weighted by Gasteiger charge is 2.16. The first-order chi connectivity index (χ1) is 8.15. The monoisotopic (exact) mass is 243 g/mol. The van der Waals surface area contributed by atoms with E-state index in [1.54, 1.807) is 6.07 Å². The molecule has 0 saturated carbocycles. The van der Waals surface area contributed by atoms with Crippen molar-refractivity contribution >= 4 is 5.82 Å². The number of alkyl halides is 2. The van der Waals surface area contributed by atoms with Crippen LogP contribution in [0.15, 0.2) is 18.3 Å². The zero-order valence-electron chi connectivity index (χ0n) is 9.57. The molecule has 1 N–H and O–H groups in total. The van der Waals surface area contributed by atoms with Crippen LogP contribution in [0.25, 0.3) is 0 Å². The number of halogens is 2. The van der Waals surface area contributed by atoms with Crippen LogP contribution in [0.3, 0.4) is 0 Å². The molecule has 0 aliphatic carbocycles. The minimum Gasteiger partial charge on any atom is -0.433 e. The van der Waals surface area contributed by atoms with E-state index in [9.17, 15) is 8.78 Å². The highest BCUT2D eigenvalue weighted by molar-refractivity contribution is 5.41. The van der Waals surface area contributed by atoms with Gasteiger partial charge in [0, 0.05) is 25.7 Å².